The second-order valence-corrected chi connectivity index (χ2v) is 3.11. The Balaban J connectivity index is 2.20. The Morgan fingerprint density at radius 3 is 2.07 bits per heavy atom. The highest BCUT2D eigenvalue weighted by molar-refractivity contribution is 5.79. The highest BCUT2D eigenvalue weighted by Crippen LogP contribution is 2.47. The van der Waals surface area contributed by atoms with E-state index in [9.17, 15) is 0 Å². The molecule has 0 saturated carbocycles. The van der Waals surface area contributed by atoms with Gasteiger partial charge < -0.3 is 16.2 Å². The first-order chi connectivity index (χ1) is 7.24. The van der Waals surface area contributed by atoms with Crippen LogP contribution in [0.4, 0.5) is 11.9 Å². The minimum Gasteiger partial charge on any atom is -0.456 e. The van der Waals surface area contributed by atoms with Crippen LogP contribution in [0.25, 0.3) is 11.4 Å². The van der Waals surface area contributed by atoms with Crippen LogP contribution in [-0.2, 0) is 0 Å². The minimum absolute atomic E-state index is 0.111. The molecule has 3 rings (SSSR count). The molecule has 0 fully saturated rings. The van der Waals surface area contributed by atoms with E-state index in [4.69, 9.17) is 16.2 Å². The van der Waals surface area contributed by atoms with Gasteiger partial charge in [0.2, 0.25) is 11.9 Å². The molecule has 0 saturated heterocycles. The van der Waals surface area contributed by atoms with Gasteiger partial charge in [0.15, 0.2) is 5.82 Å². The molecule has 6 heteroatoms. The Hall–Kier alpha value is -2.37. The highest BCUT2D eigenvalue weighted by atomic mass is 16.5. The molecule has 6 nitrogen and oxygen atoms in total. The van der Waals surface area contributed by atoms with Crippen LogP contribution in [0.1, 0.15) is 0 Å². The number of benzene rings is 1. The van der Waals surface area contributed by atoms with E-state index in [0.717, 1.165) is 17.1 Å². The Labute approximate surface area is 84.9 Å². The van der Waals surface area contributed by atoms with Gasteiger partial charge in [-0.3, -0.25) is 0 Å². The molecule has 1 aromatic carbocycles. The Morgan fingerprint density at radius 2 is 1.53 bits per heavy atom. The standard InChI is InChI=1S/C9H7N5O/c10-8-12-7(13-9(11)14-8)6-4-2-1-3-5(6)15-4/h1-3H,(H4,10,11,12,13,14). The van der Waals surface area contributed by atoms with Gasteiger partial charge in [-0.05, 0) is 12.1 Å². The van der Waals surface area contributed by atoms with Crippen LogP contribution in [0.15, 0.2) is 18.2 Å². The van der Waals surface area contributed by atoms with Gasteiger partial charge >= 0.3 is 0 Å². The Kier molecular flexibility index (Phi) is 1.37. The normalized spacial score (nSPS) is 11.7. The molecule has 74 valence electrons. The summed E-state index contributed by atoms with van der Waals surface area (Å²) < 4.78 is 5.29. The van der Waals surface area contributed by atoms with E-state index in [1.165, 1.54) is 0 Å². The summed E-state index contributed by atoms with van der Waals surface area (Å²) in [5, 5.41) is 0. The SMILES string of the molecule is Nc1nc(N)nc(-c2c3cccc2O3)n1. The van der Waals surface area contributed by atoms with E-state index in [1.807, 2.05) is 18.2 Å². The molecule has 2 heterocycles. The van der Waals surface area contributed by atoms with Crippen molar-refractivity contribution in [1.82, 2.24) is 15.0 Å². The van der Waals surface area contributed by atoms with E-state index in [2.05, 4.69) is 15.0 Å². The van der Waals surface area contributed by atoms with Crippen LogP contribution >= 0.6 is 0 Å². The molecular weight excluding hydrogens is 194 g/mol. The number of hydrogen-bond acceptors (Lipinski definition) is 6. The zero-order chi connectivity index (χ0) is 10.4. The van der Waals surface area contributed by atoms with Gasteiger partial charge in [-0.1, -0.05) is 6.07 Å². The fourth-order valence-electron chi connectivity index (χ4n) is 1.49. The zero-order valence-electron chi connectivity index (χ0n) is 7.64. The summed E-state index contributed by atoms with van der Waals surface area (Å²) in [5.74, 6) is 2.15. The summed E-state index contributed by atoms with van der Waals surface area (Å²) in [5.41, 5.74) is 11.8. The first-order valence-corrected chi connectivity index (χ1v) is 4.32. The van der Waals surface area contributed by atoms with Crippen molar-refractivity contribution < 1.29 is 4.74 Å². The summed E-state index contributed by atoms with van der Waals surface area (Å²) in [6, 6.07) is 5.56. The van der Waals surface area contributed by atoms with Crippen LogP contribution in [0.3, 0.4) is 0 Å². The third-order valence-corrected chi connectivity index (χ3v) is 2.10. The summed E-state index contributed by atoms with van der Waals surface area (Å²) in [6.45, 7) is 0. The van der Waals surface area contributed by atoms with Crippen molar-refractivity contribution in [1.29, 1.82) is 0 Å². The molecule has 1 aromatic heterocycles. The van der Waals surface area contributed by atoms with E-state index in [0.29, 0.717) is 5.82 Å². The van der Waals surface area contributed by atoms with Crippen LogP contribution in [-0.4, -0.2) is 15.0 Å². The lowest BCUT2D eigenvalue weighted by atomic mass is 10.1. The van der Waals surface area contributed by atoms with Crippen LogP contribution in [0.5, 0.6) is 11.5 Å². The van der Waals surface area contributed by atoms with Gasteiger partial charge in [-0.15, -0.1) is 0 Å². The third kappa shape index (κ3) is 1.08. The fourth-order valence-corrected chi connectivity index (χ4v) is 1.49. The number of fused-ring (bicyclic) bond motifs is 2. The zero-order valence-corrected chi connectivity index (χ0v) is 7.64. The summed E-state index contributed by atoms with van der Waals surface area (Å²) in [4.78, 5) is 11.7. The average molecular weight is 201 g/mol. The maximum Gasteiger partial charge on any atom is 0.225 e. The number of nitrogens with zero attached hydrogens (tertiary/aromatic N) is 3. The van der Waals surface area contributed by atoms with Crippen molar-refractivity contribution in [3.8, 4) is 22.9 Å². The highest BCUT2D eigenvalue weighted by Gasteiger charge is 2.25. The minimum atomic E-state index is 0.111. The third-order valence-electron chi connectivity index (χ3n) is 2.10. The number of ether oxygens (including phenoxy) is 1. The lowest BCUT2D eigenvalue weighted by molar-refractivity contribution is 0.443. The number of aromatic nitrogens is 3. The summed E-state index contributed by atoms with van der Waals surface area (Å²) in [7, 11) is 0. The predicted octanol–water partition coefficient (Wildman–Crippen LogP) is 0.809. The van der Waals surface area contributed by atoms with E-state index >= 15 is 0 Å². The van der Waals surface area contributed by atoms with Crippen LogP contribution in [0, 0.1) is 0 Å². The fraction of sp³-hybridized carbons (Fsp3) is 0. The molecule has 0 unspecified atom stereocenters. The molecule has 0 amide bonds. The van der Waals surface area contributed by atoms with Crippen molar-refractivity contribution >= 4 is 11.9 Å². The second kappa shape index (κ2) is 2.57. The average Bonchev–Trinajstić information content (AvgIpc) is 2.16. The molecule has 2 bridgehead atoms. The lowest BCUT2D eigenvalue weighted by Crippen LogP contribution is -2.08. The molecular formula is C9H7N5O. The molecule has 0 radical (unpaired) electrons. The van der Waals surface area contributed by atoms with Gasteiger partial charge in [0.05, 0.1) is 0 Å². The molecule has 0 spiro atoms. The quantitative estimate of drug-likeness (QED) is 0.604. The Morgan fingerprint density at radius 1 is 0.933 bits per heavy atom. The van der Waals surface area contributed by atoms with Gasteiger partial charge in [0.1, 0.15) is 17.1 Å². The smallest absolute Gasteiger partial charge is 0.225 e. The van der Waals surface area contributed by atoms with Crippen LogP contribution < -0.4 is 16.2 Å². The van der Waals surface area contributed by atoms with E-state index in [-0.39, 0.29) is 11.9 Å². The van der Waals surface area contributed by atoms with Crippen molar-refractivity contribution in [3.63, 3.8) is 0 Å². The van der Waals surface area contributed by atoms with Crippen molar-refractivity contribution in [2.75, 3.05) is 11.5 Å². The number of anilines is 2. The van der Waals surface area contributed by atoms with E-state index in [1.54, 1.807) is 0 Å². The topological polar surface area (TPSA) is 99.9 Å². The second-order valence-electron chi connectivity index (χ2n) is 3.11. The first-order valence-electron chi connectivity index (χ1n) is 4.32. The monoisotopic (exact) mass is 201 g/mol. The molecule has 1 aliphatic heterocycles. The predicted molar refractivity (Wildman–Crippen MR) is 54.2 cm³/mol. The largest absolute Gasteiger partial charge is 0.456 e. The van der Waals surface area contributed by atoms with Gasteiger partial charge in [-0.25, -0.2) is 0 Å². The molecule has 2 aromatic rings. The van der Waals surface area contributed by atoms with Crippen molar-refractivity contribution in [2.24, 2.45) is 0 Å². The first kappa shape index (κ1) is 7.98. The maximum absolute atomic E-state index is 5.48. The van der Waals surface area contributed by atoms with E-state index < -0.39 is 0 Å². The van der Waals surface area contributed by atoms with Gasteiger partial charge in [0.25, 0.3) is 0 Å². The van der Waals surface area contributed by atoms with Gasteiger partial charge in [-0.2, -0.15) is 15.0 Å². The molecule has 0 atom stereocenters. The number of rotatable bonds is 1. The molecule has 0 aliphatic carbocycles. The van der Waals surface area contributed by atoms with Crippen molar-refractivity contribution in [3.05, 3.63) is 18.2 Å². The maximum atomic E-state index is 5.48. The number of nitrogen functional groups attached to an aromatic ring is 2. The van der Waals surface area contributed by atoms with Crippen LogP contribution in [0.2, 0.25) is 0 Å². The van der Waals surface area contributed by atoms with Gasteiger partial charge in [0, 0.05) is 0 Å². The molecule has 1 aliphatic rings. The van der Waals surface area contributed by atoms with Crippen molar-refractivity contribution in [2.45, 2.75) is 0 Å². The lowest BCUT2D eigenvalue weighted by Gasteiger charge is -2.22. The number of nitrogens with two attached hydrogens (primary N) is 2. The molecule has 15 heavy (non-hydrogen) atoms. The summed E-state index contributed by atoms with van der Waals surface area (Å²) >= 11 is 0. The summed E-state index contributed by atoms with van der Waals surface area (Å²) in [6.07, 6.45) is 0. The molecule has 4 N–H and O–H groups in total. The number of hydrogen-bond donors (Lipinski definition) is 2. The Bertz CT molecular complexity index is 514.